The molecule has 0 spiro atoms. The fraction of sp³-hybridized carbons (Fsp3) is 0.346. The summed E-state index contributed by atoms with van der Waals surface area (Å²) in [6.45, 7) is 10.1. The second-order valence-corrected chi connectivity index (χ2v) is 8.52. The Morgan fingerprint density at radius 1 is 1.22 bits per heavy atom. The topological polar surface area (TPSA) is 96.2 Å². The van der Waals surface area contributed by atoms with E-state index in [4.69, 9.17) is 9.47 Å². The summed E-state index contributed by atoms with van der Waals surface area (Å²) in [6, 6.07) is 5.61. The number of allylic oxidation sites excluding steroid dienone is 3. The van der Waals surface area contributed by atoms with E-state index in [-0.39, 0.29) is 52.4 Å². The molecule has 2 aromatic rings. The molecule has 0 aliphatic carbocycles. The van der Waals surface area contributed by atoms with Crippen LogP contribution >= 0.6 is 0 Å². The van der Waals surface area contributed by atoms with Gasteiger partial charge < -0.3 is 24.8 Å². The molecule has 170 valence electrons. The fourth-order valence-corrected chi connectivity index (χ4v) is 3.93. The van der Waals surface area contributed by atoms with Gasteiger partial charge in [-0.3, -0.25) is 4.79 Å². The predicted molar refractivity (Wildman–Crippen MR) is 123 cm³/mol. The summed E-state index contributed by atoms with van der Waals surface area (Å²) in [6.07, 6.45) is 2.53. The normalized spacial score (nSPS) is 16.0. The minimum Gasteiger partial charge on any atom is -0.508 e. The average molecular weight is 439 g/mol. The number of carbonyl (C=O) groups excluding carboxylic acids is 1. The quantitative estimate of drug-likeness (QED) is 0.486. The Morgan fingerprint density at radius 2 is 1.94 bits per heavy atom. The monoisotopic (exact) mass is 438 g/mol. The van der Waals surface area contributed by atoms with E-state index in [1.54, 1.807) is 0 Å². The summed E-state index contributed by atoms with van der Waals surface area (Å²) in [4.78, 5) is 13.1. The SMILES string of the molecule is C=C(C)[C@@H](CC=C(C)C)Cc1c(O)cc(OC)c2c1O[C@@H](c1ccc(O)cc1O)CC2=O. The number of methoxy groups -OCH3 is 1. The molecular weight excluding hydrogens is 408 g/mol. The highest BCUT2D eigenvalue weighted by atomic mass is 16.5. The molecule has 0 aromatic heterocycles. The number of hydrogen-bond donors (Lipinski definition) is 3. The highest BCUT2D eigenvalue weighted by Gasteiger charge is 2.35. The Morgan fingerprint density at radius 3 is 2.53 bits per heavy atom. The van der Waals surface area contributed by atoms with Crippen molar-refractivity contribution in [3.8, 4) is 28.7 Å². The van der Waals surface area contributed by atoms with Crippen molar-refractivity contribution in [3.63, 3.8) is 0 Å². The van der Waals surface area contributed by atoms with Crippen LogP contribution in [0.5, 0.6) is 28.7 Å². The minimum atomic E-state index is -0.762. The summed E-state index contributed by atoms with van der Waals surface area (Å²) in [5.41, 5.74) is 3.33. The van der Waals surface area contributed by atoms with Gasteiger partial charge in [0.1, 0.15) is 40.4 Å². The van der Waals surface area contributed by atoms with E-state index in [1.807, 2.05) is 20.8 Å². The van der Waals surface area contributed by atoms with Crippen molar-refractivity contribution in [2.75, 3.05) is 7.11 Å². The first-order valence-electron chi connectivity index (χ1n) is 10.6. The molecule has 3 N–H and O–H groups in total. The number of ether oxygens (including phenoxy) is 2. The molecule has 6 nitrogen and oxygen atoms in total. The molecule has 1 aliphatic rings. The molecular formula is C26H30O6. The van der Waals surface area contributed by atoms with Crippen molar-refractivity contribution in [3.05, 3.63) is 64.8 Å². The lowest BCUT2D eigenvalue weighted by Crippen LogP contribution is -2.23. The number of carbonyl (C=O) groups is 1. The lowest BCUT2D eigenvalue weighted by atomic mass is 9.86. The van der Waals surface area contributed by atoms with Gasteiger partial charge in [0.15, 0.2) is 5.78 Å². The molecule has 6 heteroatoms. The Hall–Kier alpha value is -3.41. The van der Waals surface area contributed by atoms with Crippen molar-refractivity contribution in [2.24, 2.45) is 5.92 Å². The van der Waals surface area contributed by atoms with Crippen LogP contribution in [-0.2, 0) is 6.42 Å². The Bertz CT molecular complexity index is 1080. The Balaban J connectivity index is 2.09. The van der Waals surface area contributed by atoms with E-state index >= 15 is 0 Å². The molecule has 0 unspecified atom stereocenters. The first-order chi connectivity index (χ1) is 15.1. The van der Waals surface area contributed by atoms with E-state index in [0.717, 1.165) is 12.0 Å². The van der Waals surface area contributed by atoms with Crippen LogP contribution in [-0.4, -0.2) is 28.2 Å². The zero-order valence-corrected chi connectivity index (χ0v) is 18.9. The Kier molecular flexibility index (Phi) is 6.82. The van der Waals surface area contributed by atoms with Crippen LogP contribution in [0.25, 0.3) is 0 Å². The van der Waals surface area contributed by atoms with E-state index in [2.05, 4.69) is 12.7 Å². The zero-order valence-electron chi connectivity index (χ0n) is 18.9. The van der Waals surface area contributed by atoms with Crippen molar-refractivity contribution in [1.29, 1.82) is 0 Å². The molecule has 1 heterocycles. The number of benzene rings is 2. The number of Topliss-reactive ketones (excluding diaryl/α,β-unsaturated/α-hetero) is 1. The molecule has 0 radical (unpaired) electrons. The number of phenols is 3. The van der Waals surface area contributed by atoms with Crippen LogP contribution < -0.4 is 9.47 Å². The maximum absolute atomic E-state index is 13.1. The van der Waals surface area contributed by atoms with Gasteiger partial charge in [0, 0.05) is 23.3 Å². The number of hydrogen-bond acceptors (Lipinski definition) is 6. The van der Waals surface area contributed by atoms with Crippen LogP contribution in [0.15, 0.2) is 48.1 Å². The van der Waals surface area contributed by atoms with Crippen LogP contribution in [0.3, 0.4) is 0 Å². The van der Waals surface area contributed by atoms with E-state index in [0.29, 0.717) is 17.5 Å². The third-order valence-electron chi connectivity index (χ3n) is 5.77. The second kappa shape index (κ2) is 9.39. The van der Waals surface area contributed by atoms with Gasteiger partial charge in [-0.25, -0.2) is 0 Å². The average Bonchev–Trinajstić information content (AvgIpc) is 2.71. The van der Waals surface area contributed by atoms with Crippen molar-refractivity contribution < 1.29 is 29.6 Å². The minimum absolute atomic E-state index is 0.00636. The third kappa shape index (κ3) is 4.74. The first-order valence-corrected chi connectivity index (χ1v) is 10.6. The number of fused-ring (bicyclic) bond motifs is 1. The highest BCUT2D eigenvalue weighted by Crippen LogP contribution is 2.48. The number of rotatable bonds is 7. The van der Waals surface area contributed by atoms with Crippen molar-refractivity contribution >= 4 is 5.78 Å². The first kappa shape index (κ1) is 23.3. The molecule has 0 saturated heterocycles. The number of phenolic OH excluding ortho intramolecular Hbond substituents is 3. The maximum atomic E-state index is 13.1. The van der Waals surface area contributed by atoms with Crippen LogP contribution in [0.2, 0.25) is 0 Å². The van der Waals surface area contributed by atoms with E-state index in [9.17, 15) is 20.1 Å². The summed E-state index contributed by atoms with van der Waals surface area (Å²) in [5, 5.41) is 30.7. The zero-order chi connectivity index (χ0) is 23.6. The predicted octanol–water partition coefficient (Wildman–Crippen LogP) is 5.61. The third-order valence-corrected chi connectivity index (χ3v) is 5.77. The van der Waals surface area contributed by atoms with Crippen LogP contribution in [0, 0.1) is 5.92 Å². The molecule has 0 fully saturated rings. The summed E-state index contributed by atoms with van der Waals surface area (Å²) < 4.78 is 11.6. The standard InChI is InChI=1S/C26H30O6/c1-14(2)6-7-16(15(3)4)10-19-21(29)12-24(31-5)25-22(30)13-23(32-26(19)25)18-9-8-17(27)11-20(18)28/h6,8-9,11-12,16,23,27-29H,3,7,10,13H2,1-2,4-5H3/t16-,23+/m0/s1. The molecule has 0 amide bonds. The van der Waals surface area contributed by atoms with Gasteiger partial charge in [-0.05, 0) is 51.7 Å². The molecule has 0 bridgehead atoms. The molecule has 2 atom stereocenters. The van der Waals surface area contributed by atoms with Gasteiger partial charge in [-0.15, -0.1) is 0 Å². The van der Waals surface area contributed by atoms with Gasteiger partial charge in [0.25, 0.3) is 0 Å². The van der Waals surface area contributed by atoms with Gasteiger partial charge in [-0.2, -0.15) is 0 Å². The summed E-state index contributed by atoms with van der Waals surface area (Å²) in [5.74, 6) is 0.0651. The van der Waals surface area contributed by atoms with E-state index in [1.165, 1.54) is 36.9 Å². The number of aromatic hydroxyl groups is 3. The maximum Gasteiger partial charge on any atom is 0.174 e. The highest BCUT2D eigenvalue weighted by molar-refractivity contribution is 6.03. The van der Waals surface area contributed by atoms with Crippen LogP contribution in [0.4, 0.5) is 0 Å². The summed E-state index contributed by atoms with van der Waals surface area (Å²) in [7, 11) is 1.44. The van der Waals surface area contributed by atoms with Crippen molar-refractivity contribution in [2.45, 2.75) is 46.1 Å². The largest absolute Gasteiger partial charge is 0.508 e. The Labute approximate surface area is 188 Å². The van der Waals surface area contributed by atoms with Gasteiger partial charge in [-0.1, -0.05) is 23.8 Å². The van der Waals surface area contributed by atoms with Crippen molar-refractivity contribution in [1.82, 2.24) is 0 Å². The number of ketones is 1. The smallest absolute Gasteiger partial charge is 0.174 e. The fourth-order valence-electron chi connectivity index (χ4n) is 3.93. The molecule has 0 saturated carbocycles. The van der Waals surface area contributed by atoms with Gasteiger partial charge >= 0.3 is 0 Å². The summed E-state index contributed by atoms with van der Waals surface area (Å²) >= 11 is 0. The second-order valence-electron chi connectivity index (χ2n) is 8.52. The van der Waals surface area contributed by atoms with Gasteiger partial charge in [0.2, 0.25) is 0 Å². The van der Waals surface area contributed by atoms with Gasteiger partial charge in [0.05, 0.1) is 13.5 Å². The lowest BCUT2D eigenvalue weighted by Gasteiger charge is -2.30. The lowest BCUT2D eigenvalue weighted by molar-refractivity contribution is 0.0838. The van der Waals surface area contributed by atoms with Crippen LogP contribution in [0.1, 0.15) is 61.2 Å². The van der Waals surface area contributed by atoms with E-state index < -0.39 is 6.10 Å². The molecule has 32 heavy (non-hydrogen) atoms. The molecule has 3 rings (SSSR count). The molecule has 1 aliphatic heterocycles. The molecule has 2 aromatic carbocycles.